The molecule has 1 spiro atoms. The van der Waals surface area contributed by atoms with Crippen LogP contribution in [0.2, 0.25) is 0 Å². The number of hydrogen-bond acceptors (Lipinski definition) is 8. The summed E-state index contributed by atoms with van der Waals surface area (Å²) < 4.78 is 18.0. The van der Waals surface area contributed by atoms with Crippen LogP contribution in [0, 0.1) is 0 Å². The predicted octanol–water partition coefficient (Wildman–Crippen LogP) is 11.9. The fraction of sp³-hybridized carbons (Fsp3) is 0.531. The highest BCUT2D eigenvalue weighted by Gasteiger charge is 2.53. The van der Waals surface area contributed by atoms with Crippen molar-refractivity contribution < 1.29 is 33.7 Å². The van der Waals surface area contributed by atoms with E-state index < -0.39 is 17.8 Å². The Bertz CT molecular complexity index is 1820. The van der Waals surface area contributed by atoms with Gasteiger partial charge in [-0.05, 0) is 56.8 Å². The van der Waals surface area contributed by atoms with Crippen LogP contribution < -0.4 is 25.2 Å². The minimum atomic E-state index is -1.13. The molecule has 3 N–H and O–H groups in total. The van der Waals surface area contributed by atoms with Crippen molar-refractivity contribution in [3.8, 4) is 11.5 Å². The van der Waals surface area contributed by atoms with Gasteiger partial charge in [-0.2, -0.15) is 0 Å². The quantitative estimate of drug-likeness (QED) is 0.0564. The van der Waals surface area contributed by atoms with Gasteiger partial charge in [0.15, 0.2) is 5.60 Å². The van der Waals surface area contributed by atoms with Gasteiger partial charge in [0.2, 0.25) is 0 Å². The van der Waals surface area contributed by atoms with Crippen LogP contribution in [0.3, 0.4) is 0 Å². The number of hydrogen-bond donors (Lipinski definition) is 3. The third-order valence-electron chi connectivity index (χ3n) is 11.4. The number of esters is 1. The maximum atomic E-state index is 13.1. The second kappa shape index (κ2) is 25.4. The molecule has 2 heterocycles. The number of anilines is 2. The molecule has 0 aliphatic carbocycles. The number of nitrogens with zero attached hydrogens (tertiary/aromatic N) is 2. The van der Waals surface area contributed by atoms with E-state index in [1.807, 2.05) is 73.3 Å². The molecule has 3 aromatic carbocycles. The number of carboxylic acid groups (broad SMARTS) is 1. The highest BCUT2D eigenvalue weighted by atomic mass is 16.6. The van der Waals surface area contributed by atoms with Crippen molar-refractivity contribution in [1.82, 2.24) is 10.6 Å². The van der Waals surface area contributed by atoms with Crippen molar-refractivity contribution >= 4 is 29.5 Å². The Morgan fingerprint density at radius 3 is 1.83 bits per heavy atom. The number of unbranched alkanes of at least 4 members (excludes halogenated alkanes) is 15. The topological polar surface area (TPSA) is 130 Å². The molecular formula is C49H70N4O7. The summed E-state index contributed by atoms with van der Waals surface area (Å²) in [6.45, 7) is 13.1. The van der Waals surface area contributed by atoms with Crippen LogP contribution in [0.4, 0.5) is 21.0 Å². The van der Waals surface area contributed by atoms with Gasteiger partial charge in [-0.1, -0.05) is 128 Å². The molecule has 2 aliphatic rings. The zero-order valence-electron chi connectivity index (χ0n) is 36.7. The van der Waals surface area contributed by atoms with Crippen LogP contribution in [0.15, 0.2) is 73.4 Å². The first kappa shape index (κ1) is 47.5. The first-order valence-electron chi connectivity index (χ1n) is 22.5. The third-order valence-corrected chi connectivity index (χ3v) is 11.4. The number of alkyl carbamates (subject to hydrolysis) is 1. The lowest BCUT2D eigenvalue weighted by Gasteiger charge is -2.37. The van der Waals surface area contributed by atoms with Crippen molar-refractivity contribution in [1.29, 1.82) is 0 Å². The first-order valence-corrected chi connectivity index (χ1v) is 22.5. The normalized spacial score (nSPS) is 14.4. The summed E-state index contributed by atoms with van der Waals surface area (Å²) in [4.78, 5) is 39.0. The average molecular weight is 827 g/mol. The summed E-state index contributed by atoms with van der Waals surface area (Å²) >= 11 is 0. The first-order chi connectivity index (χ1) is 29.2. The number of rotatable bonds is 25. The number of amides is 2. The fourth-order valence-corrected chi connectivity index (χ4v) is 8.10. The van der Waals surface area contributed by atoms with Crippen molar-refractivity contribution in [3.05, 3.63) is 95.7 Å². The van der Waals surface area contributed by atoms with E-state index in [4.69, 9.17) is 19.3 Å². The summed E-state index contributed by atoms with van der Waals surface area (Å²) in [5.41, 5.74) is 3.56. The summed E-state index contributed by atoms with van der Waals surface area (Å²) in [7, 11) is 1.53. The molecule has 0 saturated carbocycles. The largest absolute Gasteiger partial charge is 0.465 e. The van der Waals surface area contributed by atoms with Gasteiger partial charge in [-0.15, -0.1) is 0 Å². The molecule has 0 saturated heterocycles. The standard InChI is InChI=1S/C30H31N3O5.C19H39NO2/c1-5-32(6-2)20-12-14-24-26(18-20)37-27-19-21(33(7-3)16-17-36-29(35)31-4)13-15-25(27)30(24)23-11-9-8-10-22(23)28(34)38-30;1-2-3-4-5-6-7-8-9-10-11-12-13-14-15-16-17-18-20-19(21)22/h5,8-15,18-19H,1,6-7,16-17H2,2-4H3,(H,31,35);20H,2-18H2,1H3,(H,21,22). The molecule has 5 rings (SSSR count). The number of carbonyl (C=O) groups excluding carboxylic acids is 2. The van der Waals surface area contributed by atoms with Gasteiger partial charge in [-0.25, -0.2) is 14.4 Å². The molecule has 2 amide bonds. The summed E-state index contributed by atoms with van der Waals surface area (Å²) in [5.74, 6) is 0.849. The van der Waals surface area contributed by atoms with Gasteiger partial charge in [0.05, 0.1) is 12.1 Å². The van der Waals surface area contributed by atoms with E-state index in [2.05, 4.69) is 29.0 Å². The van der Waals surface area contributed by atoms with Crippen LogP contribution >= 0.6 is 0 Å². The maximum Gasteiger partial charge on any atom is 0.406 e. The zero-order valence-corrected chi connectivity index (χ0v) is 36.7. The Balaban J connectivity index is 0.000000310. The Hall–Kier alpha value is -5.19. The Labute approximate surface area is 358 Å². The second-order valence-corrected chi connectivity index (χ2v) is 15.5. The van der Waals surface area contributed by atoms with Gasteiger partial charge in [0.25, 0.3) is 0 Å². The van der Waals surface area contributed by atoms with Crippen LogP contribution in [0.5, 0.6) is 11.5 Å². The monoisotopic (exact) mass is 827 g/mol. The molecule has 0 fully saturated rings. The van der Waals surface area contributed by atoms with E-state index in [-0.39, 0.29) is 12.6 Å². The number of fused-ring (bicyclic) bond motifs is 6. The van der Waals surface area contributed by atoms with Crippen molar-refractivity contribution in [3.63, 3.8) is 0 Å². The number of ether oxygens (including phenoxy) is 3. The molecule has 328 valence electrons. The molecule has 1 unspecified atom stereocenters. The molecule has 1 atom stereocenters. The smallest absolute Gasteiger partial charge is 0.406 e. The lowest BCUT2D eigenvalue weighted by Crippen LogP contribution is -2.34. The number of carbonyl (C=O) groups is 3. The highest BCUT2D eigenvalue weighted by Crippen LogP contribution is 2.57. The minimum Gasteiger partial charge on any atom is -0.465 e. The highest BCUT2D eigenvalue weighted by molar-refractivity contribution is 5.97. The lowest BCUT2D eigenvalue weighted by molar-refractivity contribution is 0.0224. The summed E-state index contributed by atoms with van der Waals surface area (Å²) in [5, 5.41) is 13.3. The van der Waals surface area contributed by atoms with Gasteiger partial charge < -0.3 is 39.8 Å². The molecule has 0 bridgehead atoms. The van der Waals surface area contributed by atoms with Crippen molar-refractivity contribution in [2.45, 2.75) is 129 Å². The Morgan fingerprint density at radius 2 is 1.30 bits per heavy atom. The van der Waals surface area contributed by atoms with E-state index in [9.17, 15) is 14.4 Å². The second-order valence-electron chi connectivity index (χ2n) is 15.5. The number of likely N-dealkylation sites (N-methyl/N-ethyl adjacent to an activating group) is 1. The predicted molar refractivity (Wildman–Crippen MR) is 242 cm³/mol. The van der Waals surface area contributed by atoms with Crippen LogP contribution in [-0.4, -0.2) is 63.1 Å². The van der Waals surface area contributed by atoms with Crippen LogP contribution in [0.1, 0.15) is 151 Å². The molecular weight excluding hydrogens is 757 g/mol. The molecule has 0 radical (unpaired) electrons. The van der Waals surface area contributed by atoms with Crippen molar-refractivity contribution in [2.75, 3.05) is 49.6 Å². The summed E-state index contributed by atoms with van der Waals surface area (Å²) in [6.07, 6.45) is 22.0. The van der Waals surface area contributed by atoms with Crippen LogP contribution in [-0.2, 0) is 15.1 Å². The molecule has 11 nitrogen and oxygen atoms in total. The van der Waals surface area contributed by atoms with E-state index in [1.54, 1.807) is 12.3 Å². The zero-order chi connectivity index (χ0) is 43.2. The lowest BCUT2D eigenvalue weighted by atomic mass is 9.77. The Kier molecular flexibility index (Phi) is 20.1. The minimum absolute atomic E-state index is 0.237. The third kappa shape index (κ3) is 13.2. The molecule has 11 heteroatoms. The Morgan fingerprint density at radius 1 is 0.750 bits per heavy atom. The fourth-order valence-electron chi connectivity index (χ4n) is 8.10. The number of benzene rings is 3. The van der Waals surface area contributed by atoms with Gasteiger partial charge in [0, 0.05) is 66.9 Å². The van der Waals surface area contributed by atoms with E-state index in [0.29, 0.717) is 36.7 Å². The summed E-state index contributed by atoms with van der Waals surface area (Å²) in [6, 6.07) is 19.3. The molecule has 3 aromatic rings. The average Bonchev–Trinajstić information content (AvgIpc) is 3.55. The van der Waals surface area contributed by atoms with Gasteiger partial charge in [0.1, 0.15) is 18.1 Å². The molecule has 0 aromatic heterocycles. The van der Waals surface area contributed by atoms with E-state index in [0.717, 1.165) is 47.5 Å². The van der Waals surface area contributed by atoms with Crippen molar-refractivity contribution in [2.24, 2.45) is 0 Å². The van der Waals surface area contributed by atoms with Gasteiger partial charge >= 0.3 is 18.2 Å². The molecule has 2 aliphatic heterocycles. The van der Waals surface area contributed by atoms with E-state index >= 15 is 0 Å². The van der Waals surface area contributed by atoms with Gasteiger partial charge in [-0.3, -0.25) is 0 Å². The van der Waals surface area contributed by atoms with Crippen LogP contribution in [0.25, 0.3) is 0 Å². The SMILES string of the molecule is C=CN(CC)c1ccc2c(c1)Oc1cc(N(CC)CCOC(=O)NC)ccc1C21OC(=O)c2ccccc21.CCCCCCCCCCCCCCCCCCNC(=O)O. The number of nitrogens with one attached hydrogen (secondary N) is 2. The van der Waals surface area contributed by atoms with E-state index in [1.165, 1.54) is 96.9 Å². The molecule has 60 heavy (non-hydrogen) atoms. The maximum absolute atomic E-state index is 13.1.